The van der Waals surface area contributed by atoms with Crippen molar-refractivity contribution in [1.82, 2.24) is 9.47 Å². The van der Waals surface area contributed by atoms with Gasteiger partial charge in [-0.25, -0.2) is 4.79 Å². The van der Waals surface area contributed by atoms with Gasteiger partial charge in [-0.1, -0.05) is 65.7 Å². The standard InChI is InChI=1S/C24H24Cl2N2O3/c1-16(18-6-4-3-5-7-18)27(2)15-22-20(25)14-21(26)23(29)28(22)13-12-17-8-10-19(11-9-17)24(30)31/h3-11,14,16H,12-13,15H2,1-2H3,(H,30,31)/t16-/m0/s1. The number of carboxylic acids is 1. The molecule has 0 aliphatic carbocycles. The van der Waals surface area contributed by atoms with Crippen molar-refractivity contribution in [2.75, 3.05) is 7.05 Å². The third-order valence-corrected chi connectivity index (χ3v) is 6.07. The van der Waals surface area contributed by atoms with Crippen LogP contribution in [0.1, 0.15) is 40.1 Å². The predicted molar refractivity (Wildman–Crippen MR) is 124 cm³/mol. The molecule has 162 valence electrons. The van der Waals surface area contributed by atoms with Crippen molar-refractivity contribution >= 4 is 29.2 Å². The molecule has 1 heterocycles. The highest BCUT2D eigenvalue weighted by Crippen LogP contribution is 2.25. The topological polar surface area (TPSA) is 62.5 Å². The fourth-order valence-corrected chi connectivity index (χ4v) is 3.99. The summed E-state index contributed by atoms with van der Waals surface area (Å²) in [4.78, 5) is 26.0. The minimum atomic E-state index is -0.970. The molecule has 0 fully saturated rings. The average molecular weight is 459 g/mol. The van der Waals surface area contributed by atoms with Gasteiger partial charge >= 0.3 is 5.97 Å². The van der Waals surface area contributed by atoms with Crippen molar-refractivity contribution in [3.8, 4) is 0 Å². The van der Waals surface area contributed by atoms with E-state index in [1.807, 2.05) is 25.2 Å². The minimum Gasteiger partial charge on any atom is -0.478 e. The van der Waals surface area contributed by atoms with Gasteiger partial charge in [-0.2, -0.15) is 0 Å². The lowest BCUT2D eigenvalue weighted by Gasteiger charge is -2.27. The third-order valence-electron chi connectivity index (χ3n) is 5.47. The van der Waals surface area contributed by atoms with Gasteiger partial charge in [-0.05, 0) is 49.7 Å². The van der Waals surface area contributed by atoms with Crippen LogP contribution in [0.5, 0.6) is 0 Å². The van der Waals surface area contributed by atoms with Crippen molar-refractivity contribution in [2.45, 2.75) is 32.5 Å². The maximum atomic E-state index is 12.8. The Balaban J connectivity index is 1.84. The second kappa shape index (κ2) is 10.1. The summed E-state index contributed by atoms with van der Waals surface area (Å²) in [6, 6.07) is 18.4. The molecule has 7 heteroatoms. The average Bonchev–Trinajstić information content (AvgIpc) is 2.77. The summed E-state index contributed by atoms with van der Waals surface area (Å²) in [5.41, 5.74) is 2.73. The minimum absolute atomic E-state index is 0.0775. The van der Waals surface area contributed by atoms with Crippen molar-refractivity contribution in [2.24, 2.45) is 0 Å². The van der Waals surface area contributed by atoms with Gasteiger partial charge in [-0.3, -0.25) is 9.69 Å². The Morgan fingerprint density at radius 2 is 1.71 bits per heavy atom. The summed E-state index contributed by atoms with van der Waals surface area (Å²) < 4.78 is 1.62. The number of rotatable bonds is 8. The molecule has 0 unspecified atom stereocenters. The first-order valence-electron chi connectivity index (χ1n) is 9.93. The van der Waals surface area contributed by atoms with Crippen LogP contribution < -0.4 is 5.56 Å². The van der Waals surface area contributed by atoms with Gasteiger partial charge in [-0.15, -0.1) is 0 Å². The van der Waals surface area contributed by atoms with E-state index >= 15 is 0 Å². The van der Waals surface area contributed by atoms with Gasteiger partial charge < -0.3 is 9.67 Å². The lowest BCUT2D eigenvalue weighted by atomic mass is 10.1. The number of aryl methyl sites for hydroxylation is 1. The first kappa shape index (κ1) is 23.1. The van der Waals surface area contributed by atoms with Gasteiger partial charge in [0.05, 0.1) is 16.3 Å². The van der Waals surface area contributed by atoms with Crippen LogP contribution in [-0.2, 0) is 19.5 Å². The summed E-state index contributed by atoms with van der Waals surface area (Å²) in [5.74, 6) is -0.970. The zero-order valence-electron chi connectivity index (χ0n) is 17.4. The third kappa shape index (κ3) is 5.56. The number of pyridine rings is 1. The number of aromatic nitrogens is 1. The van der Waals surface area contributed by atoms with Crippen LogP contribution in [0.3, 0.4) is 0 Å². The molecule has 31 heavy (non-hydrogen) atoms. The monoisotopic (exact) mass is 458 g/mol. The van der Waals surface area contributed by atoms with Crippen LogP contribution in [0, 0.1) is 0 Å². The summed E-state index contributed by atoms with van der Waals surface area (Å²) in [5, 5.41) is 9.57. The normalized spacial score (nSPS) is 12.2. The molecular formula is C24H24Cl2N2O3. The summed E-state index contributed by atoms with van der Waals surface area (Å²) >= 11 is 12.6. The summed E-state index contributed by atoms with van der Waals surface area (Å²) in [7, 11) is 1.99. The number of carbonyl (C=O) groups is 1. The number of aromatic carboxylic acids is 1. The molecule has 3 rings (SSSR count). The van der Waals surface area contributed by atoms with Crippen LogP contribution in [0.2, 0.25) is 10.0 Å². The number of carboxylic acid groups (broad SMARTS) is 1. The second-order valence-electron chi connectivity index (χ2n) is 7.50. The van der Waals surface area contributed by atoms with Crippen molar-refractivity contribution in [1.29, 1.82) is 0 Å². The molecule has 0 aliphatic rings. The second-order valence-corrected chi connectivity index (χ2v) is 8.31. The Labute approximate surface area is 191 Å². The van der Waals surface area contributed by atoms with E-state index in [1.165, 1.54) is 11.6 Å². The van der Waals surface area contributed by atoms with Crippen molar-refractivity contribution in [3.63, 3.8) is 0 Å². The smallest absolute Gasteiger partial charge is 0.335 e. The number of hydrogen-bond acceptors (Lipinski definition) is 3. The Bertz CT molecular complexity index is 1110. The van der Waals surface area contributed by atoms with E-state index in [0.717, 1.165) is 5.56 Å². The Morgan fingerprint density at radius 1 is 1.06 bits per heavy atom. The number of halogens is 2. The molecule has 0 saturated heterocycles. The Kier molecular flexibility index (Phi) is 7.55. The molecule has 0 amide bonds. The Hall–Kier alpha value is -2.60. The zero-order valence-corrected chi connectivity index (χ0v) is 18.9. The molecule has 0 aliphatic heterocycles. The van der Waals surface area contributed by atoms with E-state index in [9.17, 15) is 9.59 Å². The van der Waals surface area contributed by atoms with Gasteiger partial charge in [0.2, 0.25) is 0 Å². The van der Waals surface area contributed by atoms with E-state index in [-0.39, 0.29) is 22.2 Å². The molecule has 2 aromatic carbocycles. The molecule has 1 aromatic heterocycles. The molecule has 1 atom stereocenters. The van der Waals surface area contributed by atoms with Gasteiger partial charge in [0.25, 0.3) is 5.56 Å². The van der Waals surface area contributed by atoms with Gasteiger partial charge in [0.15, 0.2) is 0 Å². The highest BCUT2D eigenvalue weighted by Gasteiger charge is 2.18. The number of nitrogens with zero attached hydrogens (tertiary/aromatic N) is 2. The largest absolute Gasteiger partial charge is 0.478 e. The lowest BCUT2D eigenvalue weighted by molar-refractivity contribution is 0.0697. The fourth-order valence-electron chi connectivity index (χ4n) is 3.45. The van der Waals surface area contributed by atoms with Crippen LogP contribution in [-0.4, -0.2) is 27.6 Å². The van der Waals surface area contributed by atoms with E-state index in [0.29, 0.717) is 30.2 Å². The van der Waals surface area contributed by atoms with Crippen molar-refractivity contribution < 1.29 is 9.90 Å². The predicted octanol–water partition coefficient (Wildman–Crippen LogP) is 5.29. The highest BCUT2D eigenvalue weighted by atomic mass is 35.5. The summed E-state index contributed by atoms with van der Waals surface area (Å²) in [6.45, 7) is 2.96. The van der Waals surface area contributed by atoms with Crippen LogP contribution >= 0.6 is 23.2 Å². The first-order chi connectivity index (χ1) is 14.8. The van der Waals surface area contributed by atoms with E-state index in [1.54, 1.807) is 28.8 Å². The first-order valence-corrected chi connectivity index (χ1v) is 10.7. The molecule has 1 N–H and O–H groups in total. The van der Waals surface area contributed by atoms with E-state index in [2.05, 4.69) is 24.0 Å². The number of hydrogen-bond donors (Lipinski definition) is 1. The molecule has 0 saturated carbocycles. The molecule has 0 radical (unpaired) electrons. The SMILES string of the molecule is C[C@@H](c1ccccc1)N(C)Cc1c(Cl)cc(Cl)c(=O)n1CCc1ccc(C(=O)O)cc1. The van der Waals surface area contributed by atoms with Crippen molar-refractivity contribution in [3.05, 3.63) is 103 Å². The summed E-state index contributed by atoms with van der Waals surface area (Å²) in [6.07, 6.45) is 0.543. The van der Waals surface area contributed by atoms with E-state index < -0.39 is 5.97 Å². The van der Waals surface area contributed by atoms with Crippen LogP contribution in [0.15, 0.2) is 65.5 Å². The highest BCUT2D eigenvalue weighted by molar-refractivity contribution is 6.34. The quantitative estimate of drug-likeness (QED) is 0.497. The molecule has 0 bridgehead atoms. The Morgan fingerprint density at radius 3 is 2.32 bits per heavy atom. The lowest BCUT2D eigenvalue weighted by Crippen LogP contribution is -2.30. The maximum absolute atomic E-state index is 12.8. The molecular weight excluding hydrogens is 435 g/mol. The molecule has 3 aromatic rings. The van der Waals surface area contributed by atoms with Crippen LogP contribution in [0.4, 0.5) is 0 Å². The molecule has 0 spiro atoms. The van der Waals surface area contributed by atoms with Crippen LogP contribution in [0.25, 0.3) is 0 Å². The zero-order chi connectivity index (χ0) is 22.5. The fraction of sp³-hybridized carbons (Fsp3) is 0.250. The van der Waals surface area contributed by atoms with Gasteiger partial charge in [0.1, 0.15) is 5.02 Å². The van der Waals surface area contributed by atoms with Gasteiger partial charge in [0, 0.05) is 19.1 Å². The number of benzene rings is 2. The maximum Gasteiger partial charge on any atom is 0.335 e. The van der Waals surface area contributed by atoms with E-state index in [4.69, 9.17) is 28.3 Å². The molecule has 5 nitrogen and oxygen atoms in total.